The second-order valence-electron chi connectivity index (χ2n) is 4.36. The van der Waals surface area contributed by atoms with Crippen LogP contribution in [0.5, 0.6) is 0 Å². The van der Waals surface area contributed by atoms with Crippen molar-refractivity contribution in [2.45, 2.75) is 20.3 Å². The fourth-order valence-electron chi connectivity index (χ4n) is 1.25. The third-order valence-corrected chi connectivity index (χ3v) is 2.37. The molecule has 1 heterocycles. The smallest absolute Gasteiger partial charge is 0.221 e. The molecule has 0 spiro atoms. The number of anilines is 1. The molecule has 100 valence electrons. The fourth-order valence-corrected chi connectivity index (χ4v) is 1.39. The van der Waals surface area contributed by atoms with Crippen molar-refractivity contribution < 1.29 is 9.18 Å². The van der Waals surface area contributed by atoms with Crippen molar-refractivity contribution in [1.29, 1.82) is 0 Å². The number of halogens is 2. The van der Waals surface area contributed by atoms with Crippen LogP contribution in [0.3, 0.4) is 0 Å². The third kappa shape index (κ3) is 5.31. The lowest BCUT2D eigenvalue weighted by molar-refractivity contribution is -0.120. The molecule has 2 N–H and O–H groups in total. The number of pyridine rings is 1. The highest BCUT2D eigenvalue weighted by Gasteiger charge is 2.06. The SMILES string of the molecule is CC(C)CNC(=O)CCNc1ncc(Cl)cc1F. The van der Waals surface area contributed by atoms with Gasteiger partial charge in [-0.05, 0) is 12.0 Å². The van der Waals surface area contributed by atoms with Crippen molar-refractivity contribution in [3.63, 3.8) is 0 Å². The summed E-state index contributed by atoms with van der Waals surface area (Å²) < 4.78 is 13.3. The quantitative estimate of drug-likeness (QED) is 0.837. The summed E-state index contributed by atoms with van der Waals surface area (Å²) in [5.74, 6) is -0.0657. The monoisotopic (exact) mass is 273 g/mol. The Labute approximate surface area is 111 Å². The van der Waals surface area contributed by atoms with Gasteiger partial charge in [0.15, 0.2) is 11.6 Å². The predicted molar refractivity (Wildman–Crippen MR) is 70.2 cm³/mol. The topological polar surface area (TPSA) is 54.0 Å². The zero-order chi connectivity index (χ0) is 13.5. The molecule has 0 unspecified atom stereocenters. The number of carbonyl (C=O) groups excluding carboxylic acids is 1. The Balaban J connectivity index is 2.31. The fraction of sp³-hybridized carbons (Fsp3) is 0.500. The second kappa shape index (κ2) is 7.16. The summed E-state index contributed by atoms with van der Waals surface area (Å²) in [7, 11) is 0. The van der Waals surface area contributed by atoms with Gasteiger partial charge in [-0.15, -0.1) is 0 Å². The van der Waals surface area contributed by atoms with Crippen LogP contribution in [-0.2, 0) is 4.79 Å². The maximum absolute atomic E-state index is 13.3. The average Bonchev–Trinajstić information content (AvgIpc) is 2.29. The van der Waals surface area contributed by atoms with Gasteiger partial charge in [0, 0.05) is 25.7 Å². The zero-order valence-corrected chi connectivity index (χ0v) is 11.2. The van der Waals surface area contributed by atoms with E-state index in [0.717, 1.165) is 0 Å². The molecule has 1 amide bonds. The van der Waals surface area contributed by atoms with Gasteiger partial charge in [-0.2, -0.15) is 0 Å². The average molecular weight is 274 g/mol. The molecule has 4 nitrogen and oxygen atoms in total. The summed E-state index contributed by atoms with van der Waals surface area (Å²) in [6.07, 6.45) is 1.63. The van der Waals surface area contributed by atoms with E-state index in [1.807, 2.05) is 13.8 Å². The van der Waals surface area contributed by atoms with Gasteiger partial charge in [0.05, 0.1) is 5.02 Å². The van der Waals surface area contributed by atoms with Crippen LogP contribution in [0.15, 0.2) is 12.3 Å². The summed E-state index contributed by atoms with van der Waals surface area (Å²) in [5, 5.41) is 5.77. The first-order valence-corrected chi connectivity index (χ1v) is 6.18. The van der Waals surface area contributed by atoms with Crippen LogP contribution in [0.2, 0.25) is 5.02 Å². The van der Waals surface area contributed by atoms with Crippen LogP contribution < -0.4 is 10.6 Å². The van der Waals surface area contributed by atoms with E-state index in [4.69, 9.17) is 11.6 Å². The van der Waals surface area contributed by atoms with Crippen LogP contribution in [0, 0.1) is 11.7 Å². The van der Waals surface area contributed by atoms with Crippen molar-refractivity contribution in [3.8, 4) is 0 Å². The molecule has 0 fully saturated rings. The molecule has 0 atom stereocenters. The number of amides is 1. The summed E-state index contributed by atoms with van der Waals surface area (Å²) in [6.45, 7) is 5.01. The van der Waals surface area contributed by atoms with E-state index in [2.05, 4.69) is 15.6 Å². The lowest BCUT2D eigenvalue weighted by atomic mass is 10.2. The predicted octanol–water partition coefficient (Wildman–Crippen LogP) is 2.45. The Morgan fingerprint density at radius 3 is 2.89 bits per heavy atom. The number of nitrogens with one attached hydrogen (secondary N) is 2. The number of aromatic nitrogens is 1. The lowest BCUT2D eigenvalue weighted by Crippen LogP contribution is -2.28. The van der Waals surface area contributed by atoms with E-state index in [1.54, 1.807) is 0 Å². The van der Waals surface area contributed by atoms with Crippen LogP contribution in [0.1, 0.15) is 20.3 Å². The summed E-state index contributed by atoms with van der Waals surface area (Å²) in [4.78, 5) is 15.2. The van der Waals surface area contributed by atoms with Gasteiger partial charge < -0.3 is 10.6 Å². The van der Waals surface area contributed by atoms with Crippen LogP contribution in [-0.4, -0.2) is 24.0 Å². The minimum atomic E-state index is -0.523. The first-order valence-electron chi connectivity index (χ1n) is 5.80. The minimum absolute atomic E-state index is 0.0643. The van der Waals surface area contributed by atoms with E-state index < -0.39 is 5.82 Å². The number of hydrogen-bond donors (Lipinski definition) is 2. The van der Waals surface area contributed by atoms with Gasteiger partial charge in [-0.3, -0.25) is 4.79 Å². The highest BCUT2D eigenvalue weighted by molar-refractivity contribution is 6.30. The molecule has 1 rings (SSSR count). The molecule has 6 heteroatoms. The van der Waals surface area contributed by atoms with Crippen LogP contribution in [0.25, 0.3) is 0 Å². The maximum Gasteiger partial charge on any atom is 0.221 e. The standard InChI is InChI=1S/C12H17ClFN3O/c1-8(2)6-16-11(18)3-4-15-12-10(14)5-9(13)7-17-12/h5,7-8H,3-4,6H2,1-2H3,(H,15,17)(H,16,18). The van der Waals surface area contributed by atoms with E-state index in [-0.39, 0.29) is 23.2 Å². The van der Waals surface area contributed by atoms with Crippen LogP contribution >= 0.6 is 11.6 Å². The van der Waals surface area contributed by atoms with Gasteiger partial charge in [0.2, 0.25) is 5.91 Å². The van der Waals surface area contributed by atoms with Gasteiger partial charge in [-0.25, -0.2) is 9.37 Å². The van der Waals surface area contributed by atoms with Crippen molar-refractivity contribution in [1.82, 2.24) is 10.3 Å². The van der Waals surface area contributed by atoms with E-state index in [0.29, 0.717) is 19.0 Å². The van der Waals surface area contributed by atoms with Crippen molar-refractivity contribution in [2.24, 2.45) is 5.92 Å². The number of nitrogens with zero attached hydrogens (tertiary/aromatic N) is 1. The lowest BCUT2D eigenvalue weighted by Gasteiger charge is -2.09. The van der Waals surface area contributed by atoms with Gasteiger partial charge in [-0.1, -0.05) is 25.4 Å². The molecule has 0 bridgehead atoms. The van der Waals surface area contributed by atoms with Gasteiger partial charge >= 0.3 is 0 Å². The molecular formula is C12H17ClFN3O. The molecule has 0 aliphatic heterocycles. The largest absolute Gasteiger partial charge is 0.367 e. The molecule has 1 aromatic rings. The molecule has 0 saturated heterocycles. The molecule has 0 radical (unpaired) electrons. The van der Waals surface area contributed by atoms with E-state index in [1.165, 1.54) is 12.3 Å². The first-order chi connectivity index (χ1) is 8.49. The minimum Gasteiger partial charge on any atom is -0.367 e. The molecule has 0 saturated carbocycles. The number of carbonyl (C=O) groups is 1. The van der Waals surface area contributed by atoms with E-state index in [9.17, 15) is 9.18 Å². The summed E-state index contributed by atoms with van der Waals surface area (Å²) in [6, 6.07) is 1.18. The Morgan fingerprint density at radius 2 is 2.28 bits per heavy atom. The number of rotatable bonds is 6. The highest BCUT2D eigenvalue weighted by atomic mass is 35.5. The third-order valence-electron chi connectivity index (χ3n) is 2.16. The highest BCUT2D eigenvalue weighted by Crippen LogP contribution is 2.15. The maximum atomic E-state index is 13.3. The molecule has 1 aromatic heterocycles. The van der Waals surface area contributed by atoms with Crippen molar-refractivity contribution in [3.05, 3.63) is 23.1 Å². The number of hydrogen-bond acceptors (Lipinski definition) is 3. The molecule has 18 heavy (non-hydrogen) atoms. The second-order valence-corrected chi connectivity index (χ2v) is 4.80. The normalized spacial score (nSPS) is 10.5. The Morgan fingerprint density at radius 1 is 1.56 bits per heavy atom. The summed E-state index contributed by atoms with van der Waals surface area (Å²) >= 11 is 5.58. The Hall–Kier alpha value is -1.36. The molecular weight excluding hydrogens is 257 g/mol. The molecule has 0 aliphatic carbocycles. The molecule has 0 aromatic carbocycles. The zero-order valence-electron chi connectivity index (χ0n) is 10.5. The van der Waals surface area contributed by atoms with Crippen molar-refractivity contribution in [2.75, 3.05) is 18.4 Å². The Kier molecular flexibility index (Phi) is 5.85. The van der Waals surface area contributed by atoms with Crippen molar-refractivity contribution >= 4 is 23.3 Å². The van der Waals surface area contributed by atoms with Gasteiger partial charge in [0.25, 0.3) is 0 Å². The summed E-state index contributed by atoms with van der Waals surface area (Å²) in [5.41, 5.74) is 0. The Bertz CT molecular complexity index is 412. The molecule has 0 aliphatic rings. The van der Waals surface area contributed by atoms with Gasteiger partial charge in [0.1, 0.15) is 0 Å². The van der Waals surface area contributed by atoms with E-state index >= 15 is 0 Å². The first kappa shape index (κ1) is 14.7. The van der Waals surface area contributed by atoms with Crippen LogP contribution in [0.4, 0.5) is 10.2 Å².